The van der Waals surface area contributed by atoms with Crippen molar-refractivity contribution in [3.05, 3.63) is 47.0 Å². The van der Waals surface area contributed by atoms with Gasteiger partial charge in [0.2, 0.25) is 0 Å². The Labute approximate surface area is 119 Å². The molecule has 6 heteroatoms. The van der Waals surface area contributed by atoms with E-state index in [2.05, 4.69) is 31.9 Å². The minimum Gasteiger partial charge on any atom is -0.382 e. The maximum absolute atomic E-state index is 11.8. The number of benzene rings is 1. The Morgan fingerprint density at radius 1 is 1.24 bits per heavy atom. The number of fused-ring (bicyclic) bond motifs is 2. The molecular formula is C15H13N5O. The summed E-state index contributed by atoms with van der Waals surface area (Å²) in [6.07, 6.45) is 3.84. The van der Waals surface area contributed by atoms with Crippen LogP contribution in [0.1, 0.15) is 0 Å². The van der Waals surface area contributed by atoms with Gasteiger partial charge < -0.3 is 15.3 Å². The van der Waals surface area contributed by atoms with Crippen LogP contribution in [0.3, 0.4) is 0 Å². The molecule has 3 aromatic heterocycles. The standard InChI is InChI=1S/C15H13N5O/c1-20-7-10(8-4-2-3-5-11(8)20)9-6-17-13-12(9)14(16)18-19-15(13)21/h2-7,17H,1H3,(H2,16,18)(H,19,21). The summed E-state index contributed by atoms with van der Waals surface area (Å²) in [7, 11) is 2.00. The molecule has 0 aliphatic heterocycles. The van der Waals surface area contributed by atoms with Crippen LogP contribution in [0.25, 0.3) is 32.9 Å². The van der Waals surface area contributed by atoms with Gasteiger partial charge in [0.25, 0.3) is 5.56 Å². The Hall–Kier alpha value is -3.02. The smallest absolute Gasteiger partial charge is 0.288 e. The van der Waals surface area contributed by atoms with Gasteiger partial charge in [0.15, 0.2) is 5.82 Å². The normalized spacial score (nSPS) is 11.5. The van der Waals surface area contributed by atoms with Crippen LogP contribution in [-0.2, 0) is 7.05 Å². The van der Waals surface area contributed by atoms with Crippen LogP contribution in [0.5, 0.6) is 0 Å². The van der Waals surface area contributed by atoms with Gasteiger partial charge in [-0.15, -0.1) is 0 Å². The van der Waals surface area contributed by atoms with Crippen molar-refractivity contribution >= 4 is 27.6 Å². The van der Waals surface area contributed by atoms with Crippen molar-refractivity contribution in [3.8, 4) is 11.1 Å². The van der Waals surface area contributed by atoms with Crippen LogP contribution < -0.4 is 11.3 Å². The van der Waals surface area contributed by atoms with E-state index in [0.29, 0.717) is 16.7 Å². The Bertz CT molecular complexity index is 1040. The lowest BCUT2D eigenvalue weighted by Crippen LogP contribution is -2.10. The number of hydrogen-bond acceptors (Lipinski definition) is 3. The second-order valence-corrected chi connectivity index (χ2v) is 5.06. The molecule has 0 fully saturated rings. The molecule has 4 rings (SSSR count). The summed E-state index contributed by atoms with van der Waals surface area (Å²) in [4.78, 5) is 14.8. The SMILES string of the molecule is Cn1cc(-c2c[nH]c3c(=O)[nH]nc(N)c23)c2ccccc21. The lowest BCUT2D eigenvalue weighted by atomic mass is 10.0. The second-order valence-electron chi connectivity index (χ2n) is 5.06. The predicted molar refractivity (Wildman–Crippen MR) is 83.0 cm³/mol. The Morgan fingerprint density at radius 2 is 2.05 bits per heavy atom. The molecule has 6 nitrogen and oxygen atoms in total. The van der Waals surface area contributed by atoms with Crippen molar-refractivity contribution in [2.24, 2.45) is 7.05 Å². The number of aryl methyl sites for hydroxylation is 1. The zero-order valence-corrected chi connectivity index (χ0v) is 11.3. The summed E-state index contributed by atoms with van der Waals surface area (Å²) in [6.45, 7) is 0. The third-order valence-corrected chi connectivity index (χ3v) is 3.83. The highest BCUT2D eigenvalue weighted by atomic mass is 16.1. The number of anilines is 1. The molecule has 4 N–H and O–H groups in total. The molecule has 4 aromatic rings. The van der Waals surface area contributed by atoms with Gasteiger partial charge in [0.1, 0.15) is 5.52 Å². The molecule has 104 valence electrons. The highest BCUT2D eigenvalue weighted by Gasteiger charge is 2.16. The van der Waals surface area contributed by atoms with E-state index in [0.717, 1.165) is 22.0 Å². The van der Waals surface area contributed by atoms with Crippen molar-refractivity contribution in [1.82, 2.24) is 19.7 Å². The summed E-state index contributed by atoms with van der Waals surface area (Å²) in [5.41, 5.74) is 9.16. The van der Waals surface area contributed by atoms with E-state index >= 15 is 0 Å². The van der Waals surface area contributed by atoms with E-state index in [1.807, 2.05) is 25.4 Å². The van der Waals surface area contributed by atoms with Crippen LogP contribution in [-0.4, -0.2) is 19.7 Å². The Kier molecular flexibility index (Phi) is 2.24. The molecule has 0 saturated carbocycles. The van der Waals surface area contributed by atoms with Gasteiger partial charge in [0, 0.05) is 41.5 Å². The lowest BCUT2D eigenvalue weighted by Gasteiger charge is -1.99. The number of nitrogens with one attached hydrogen (secondary N) is 2. The summed E-state index contributed by atoms with van der Waals surface area (Å²) < 4.78 is 2.06. The first-order valence-electron chi connectivity index (χ1n) is 6.56. The number of rotatable bonds is 1. The molecule has 0 saturated heterocycles. The minimum atomic E-state index is -0.273. The molecule has 0 atom stereocenters. The highest BCUT2D eigenvalue weighted by Crippen LogP contribution is 2.35. The van der Waals surface area contributed by atoms with Gasteiger partial charge in [-0.2, -0.15) is 5.10 Å². The van der Waals surface area contributed by atoms with Gasteiger partial charge in [-0.05, 0) is 6.07 Å². The summed E-state index contributed by atoms with van der Waals surface area (Å²) in [5, 5.41) is 8.02. The van der Waals surface area contributed by atoms with Crippen LogP contribution in [0.15, 0.2) is 41.5 Å². The second kappa shape index (κ2) is 3.99. The van der Waals surface area contributed by atoms with Gasteiger partial charge in [-0.25, -0.2) is 5.10 Å². The molecule has 21 heavy (non-hydrogen) atoms. The van der Waals surface area contributed by atoms with E-state index in [9.17, 15) is 4.79 Å². The summed E-state index contributed by atoms with van der Waals surface area (Å²) >= 11 is 0. The number of hydrogen-bond donors (Lipinski definition) is 3. The highest BCUT2D eigenvalue weighted by molar-refractivity contribution is 6.07. The van der Waals surface area contributed by atoms with Gasteiger partial charge in [-0.3, -0.25) is 4.79 Å². The number of aromatic nitrogens is 4. The first kappa shape index (κ1) is 11.8. The molecule has 0 aliphatic rings. The first-order valence-corrected chi connectivity index (χ1v) is 6.56. The fourth-order valence-electron chi connectivity index (χ4n) is 2.86. The average molecular weight is 279 g/mol. The topological polar surface area (TPSA) is 92.5 Å². The number of aromatic amines is 2. The zero-order chi connectivity index (χ0) is 14.6. The van der Waals surface area contributed by atoms with Crippen LogP contribution in [0.4, 0.5) is 5.82 Å². The van der Waals surface area contributed by atoms with Crippen molar-refractivity contribution in [1.29, 1.82) is 0 Å². The third-order valence-electron chi connectivity index (χ3n) is 3.83. The van der Waals surface area contributed by atoms with Crippen LogP contribution >= 0.6 is 0 Å². The number of nitrogen functional groups attached to an aromatic ring is 1. The molecule has 3 heterocycles. The lowest BCUT2D eigenvalue weighted by molar-refractivity contribution is 0.970. The number of nitrogens with two attached hydrogens (primary N) is 1. The van der Waals surface area contributed by atoms with E-state index in [4.69, 9.17) is 5.73 Å². The van der Waals surface area contributed by atoms with E-state index in [-0.39, 0.29) is 5.56 Å². The van der Waals surface area contributed by atoms with Crippen LogP contribution in [0.2, 0.25) is 0 Å². The molecule has 0 amide bonds. The zero-order valence-electron chi connectivity index (χ0n) is 11.3. The molecule has 0 bridgehead atoms. The largest absolute Gasteiger partial charge is 0.382 e. The van der Waals surface area contributed by atoms with Crippen LogP contribution in [0, 0.1) is 0 Å². The molecular weight excluding hydrogens is 266 g/mol. The van der Waals surface area contributed by atoms with Gasteiger partial charge in [-0.1, -0.05) is 18.2 Å². The third kappa shape index (κ3) is 1.53. The van der Waals surface area contributed by atoms with Crippen molar-refractivity contribution in [3.63, 3.8) is 0 Å². The maximum Gasteiger partial charge on any atom is 0.288 e. The average Bonchev–Trinajstić information content (AvgIpc) is 3.06. The summed E-state index contributed by atoms with van der Waals surface area (Å²) in [5.74, 6) is 0.314. The maximum atomic E-state index is 11.8. The predicted octanol–water partition coefficient (Wildman–Crippen LogP) is 1.99. The first-order chi connectivity index (χ1) is 10.2. The van der Waals surface area contributed by atoms with E-state index in [1.165, 1.54) is 0 Å². The molecule has 0 radical (unpaired) electrons. The number of para-hydroxylation sites is 1. The molecule has 0 aliphatic carbocycles. The van der Waals surface area contributed by atoms with E-state index < -0.39 is 0 Å². The fraction of sp³-hybridized carbons (Fsp3) is 0.0667. The quantitative estimate of drug-likeness (QED) is 0.497. The Morgan fingerprint density at radius 3 is 2.90 bits per heavy atom. The van der Waals surface area contributed by atoms with Gasteiger partial charge in [0.05, 0.1) is 5.39 Å². The number of nitrogens with zero attached hydrogens (tertiary/aromatic N) is 2. The van der Waals surface area contributed by atoms with Crippen molar-refractivity contribution in [2.75, 3.05) is 5.73 Å². The van der Waals surface area contributed by atoms with Crippen molar-refractivity contribution in [2.45, 2.75) is 0 Å². The Balaban J connectivity index is 2.15. The summed E-state index contributed by atoms with van der Waals surface area (Å²) in [6, 6.07) is 8.11. The fourth-order valence-corrected chi connectivity index (χ4v) is 2.86. The molecule has 0 unspecified atom stereocenters. The monoisotopic (exact) mass is 279 g/mol. The van der Waals surface area contributed by atoms with Gasteiger partial charge >= 0.3 is 0 Å². The number of H-pyrrole nitrogens is 2. The molecule has 0 spiro atoms. The van der Waals surface area contributed by atoms with Crippen molar-refractivity contribution < 1.29 is 0 Å². The minimum absolute atomic E-state index is 0.273. The molecule has 1 aromatic carbocycles. The van der Waals surface area contributed by atoms with E-state index in [1.54, 1.807) is 6.20 Å².